The van der Waals surface area contributed by atoms with Crippen LogP contribution in [-0.4, -0.2) is 5.84 Å². The number of hydrogen-bond acceptors (Lipinski definition) is 2. The topological polar surface area (TPSA) is 59.1 Å². The van der Waals surface area contributed by atoms with Gasteiger partial charge in [0, 0.05) is 5.02 Å². The van der Waals surface area contributed by atoms with Crippen molar-refractivity contribution in [1.82, 2.24) is 0 Å². The summed E-state index contributed by atoms with van der Waals surface area (Å²) in [7, 11) is 0. The number of benzene rings is 2. The molecule has 0 unspecified atom stereocenters. The molecule has 0 radical (unpaired) electrons. The van der Waals surface area contributed by atoms with Gasteiger partial charge in [-0.1, -0.05) is 23.7 Å². The van der Waals surface area contributed by atoms with E-state index in [1.165, 1.54) is 0 Å². The van der Waals surface area contributed by atoms with E-state index in [9.17, 15) is 0 Å². The highest BCUT2D eigenvalue weighted by Crippen LogP contribution is 2.31. The van der Waals surface area contributed by atoms with Crippen LogP contribution in [0.25, 0.3) is 0 Å². The third-order valence-electron chi connectivity index (χ3n) is 2.85. The number of nitrogens with two attached hydrogens (primary N) is 1. The quantitative estimate of drug-likeness (QED) is 0.656. The molecule has 0 atom stereocenters. The summed E-state index contributed by atoms with van der Waals surface area (Å²) in [5.74, 6) is 1.31. The summed E-state index contributed by atoms with van der Waals surface area (Å²) in [6.07, 6.45) is 0. The van der Waals surface area contributed by atoms with Crippen molar-refractivity contribution in [2.75, 3.05) is 0 Å². The predicted molar refractivity (Wildman–Crippen MR) is 78.5 cm³/mol. The summed E-state index contributed by atoms with van der Waals surface area (Å²) in [5, 5.41) is 8.27. The van der Waals surface area contributed by atoms with Gasteiger partial charge in [-0.05, 0) is 49.2 Å². The van der Waals surface area contributed by atoms with E-state index in [1.807, 2.05) is 38.1 Å². The summed E-state index contributed by atoms with van der Waals surface area (Å²) in [4.78, 5) is 0. The van der Waals surface area contributed by atoms with Crippen LogP contribution in [0.5, 0.6) is 11.5 Å². The largest absolute Gasteiger partial charge is 0.456 e. The molecule has 0 saturated heterocycles. The van der Waals surface area contributed by atoms with Crippen LogP contribution in [0.3, 0.4) is 0 Å². The lowest BCUT2D eigenvalue weighted by atomic mass is 10.1. The molecule has 98 valence electrons. The van der Waals surface area contributed by atoms with Gasteiger partial charge in [-0.2, -0.15) is 0 Å². The van der Waals surface area contributed by atoms with E-state index in [2.05, 4.69) is 0 Å². The molecule has 0 aliphatic heterocycles. The molecule has 0 aromatic heterocycles. The number of ether oxygens (including phenoxy) is 1. The summed E-state index contributed by atoms with van der Waals surface area (Å²) < 4.78 is 5.91. The van der Waals surface area contributed by atoms with Gasteiger partial charge in [0.2, 0.25) is 0 Å². The van der Waals surface area contributed by atoms with Crippen molar-refractivity contribution in [3.63, 3.8) is 0 Å². The highest BCUT2D eigenvalue weighted by Gasteiger charge is 2.11. The Morgan fingerprint density at radius 1 is 1.16 bits per heavy atom. The van der Waals surface area contributed by atoms with Gasteiger partial charge in [0.1, 0.15) is 17.3 Å². The lowest BCUT2D eigenvalue weighted by Gasteiger charge is -2.14. The van der Waals surface area contributed by atoms with E-state index in [4.69, 9.17) is 27.5 Å². The second-order valence-corrected chi connectivity index (χ2v) is 4.81. The van der Waals surface area contributed by atoms with Crippen LogP contribution in [0.15, 0.2) is 36.4 Å². The molecule has 0 aliphatic rings. The zero-order chi connectivity index (χ0) is 14.0. The molecular formula is C15H15ClN2O. The van der Waals surface area contributed by atoms with E-state index >= 15 is 0 Å². The Labute approximate surface area is 117 Å². The zero-order valence-electron chi connectivity index (χ0n) is 10.8. The SMILES string of the molecule is Cc1cc(Cl)ccc1Oc1c(C)cccc1C(=N)N. The minimum atomic E-state index is -0.00897. The van der Waals surface area contributed by atoms with Crippen molar-refractivity contribution >= 4 is 17.4 Å². The fourth-order valence-electron chi connectivity index (χ4n) is 1.84. The van der Waals surface area contributed by atoms with Crippen LogP contribution in [0, 0.1) is 19.3 Å². The van der Waals surface area contributed by atoms with E-state index in [0.717, 1.165) is 11.1 Å². The molecule has 19 heavy (non-hydrogen) atoms. The van der Waals surface area contributed by atoms with E-state index in [0.29, 0.717) is 22.1 Å². The maximum Gasteiger partial charge on any atom is 0.141 e. The lowest BCUT2D eigenvalue weighted by molar-refractivity contribution is 0.474. The average molecular weight is 275 g/mol. The molecule has 0 spiro atoms. The van der Waals surface area contributed by atoms with Crippen molar-refractivity contribution in [1.29, 1.82) is 5.41 Å². The van der Waals surface area contributed by atoms with Crippen LogP contribution in [0.1, 0.15) is 16.7 Å². The number of aryl methyl sites for hydroxylation is 2. The smallest absolute Gasteiger partial charge is 0.141 e. The molecule has 3 N–H and O–H groups in total. The predicted octanol–water partition coefficient (Wildman–Crippen LogP) is 4.03. The van der Waals surface area contributed by atoms with Crippen LogP contribution in [-0.2, 0) is 0 Å². The number of hydrogen-bond donors (Lipinski definition) is 2. The molecule has 0 bridgehead atoms. The number of para-hydroxylation sites is 1. The average Bonchev–Trinajstić information content (AvgIpc) is 2.34. The van der Waals surface area contributed by atoms with Crippen molar-refractivity contribution < 1.29 is 4.74 Å². The van der Waals surface area contributed by atoms with Gasteiger partial charge in [0.25, 0.3) is 0 Å². The molecule has 0 amide bonds. The molecular weight excluding hydrogens is 260 g/mol. The number of amidine groups is 1. The summed E-state index contributed by atoms with van der Waals surface area (Å²) in [6, 6.07) is 11.0. The maximum absolute atomic E-state index is 7.60. The first-order chi connectivity index (χ1) is 8.99. The van der Waals surface area contributed by atoms with Crippen molar-refractivity contribution in [3.05, 3.63) is 58.1 Å². The van der Waals surface area contributed by atoms with E-state index < -0.39 is 0 Å². The Morgan fingerprint density at radius 3 is 2.53 bits per heavy atom. The summed E-state index contributed by atoms with van der Waals surface area (Å²) in [5.41, 5.74) is 8.04. The number of nitrogens with one attached hydrogen (secondary N) is 1. The second kappa shape index (κ2) is 5.33. The van der Waals surface area contributed by atoms with Gasteiger partial charge in [-0.3, -0.25) is 5.41 Å². The molecule has 0 saturated carbocycles. The van der Waals surface area contributed by atoms with Gasteiger partial charge < -0.3 is 10.5 Å². The Hall–Kier alpha value is -2.00. The third-order valence-corrected chi connectivity index (χ3v) is 3.09. The van der Waals surface area contributed by atoms with Gasteiger partial charge in [-0.25, -0.2) is 0 Å². The first-order valence-electron chi connectivity index (χ1n) is 5.87. The first-order valence-corrected chi connectivity index (χ1v) is 6.25. The summed E-state index contributed by atoms with van der Waals surface area (Å²) in [6.45, 7) is 3.85. The lowest BCUT2D eigenvalue weighted by Crippen LogP contribution is -2.12. The van der Waals surface area contributed by atoms with E-state index in [1.54, 1.807) is 12.1 Å². The Bertz CT molecular complexity index is 638. The van der Waals surface area contributed by atoms with Crippen molar-refractivity contribution in [2.24, 2.45) is 5.73 Å². The van der Waals surface area contributed by atoms with Crippen LogP contribution >= 0.6 is 11.6 Å². The van der Waals surface area contributed by atoms with Crippen molar-refractivity contribution in [2.45, 2.75) is 13.8 Å². The standard InChI is InChI=1S/C15H15ClN2O/c1-9-4-3-5-12(15(17)18)14(9)19-13-7-6-11(16)8-10(13)2/h3-8H,1-2H3,(H3,17,18). The highest BCUT2D eigenvalue weighted by atomic mass is 35.5. The van der Waals surface area contributed by atoms with Crippen LogP contribution in [0.4, 0.5) is 0 Å². The highest BCUT2D eigenvalue weighted by molar-refractivity contribution is 6.30. The Kier molecular flexibility index (Phi) is 3.76. The van der Waals surface area contributed by atoms with Gasteiger partial charge in [-0.15, -0.1) is 0 Å². The zero-order valence-corrected chi connectivity index (χ0v) is 11.6. The number of halogens is 1. The second-order valence-electron chi connectivity index (χ2n) is 4.38. The molecule has 0 fully saturated rings. The number of nitrogen functional groups attached to an aromatic ring is 1. The molecule has 2 rings (SSSR count). The van der Waals surface area contributed by atoms with Crippen molar-refractivity contribution in [3.8, 4) is 11.5 Å². The minimum absolute atomic E-state index is 0.00897. The Morgan fingerprint density at radius 2 is 1.89 bits per heavy atom. The molecule has 0 aliphatic carbocycles. The molecule has 2 aromatic carbocycles. The number of rotatable bonds is 3. The molecule has 3 nitrogen and oxygen atoms in total. The first kappa shape index (κ1) is 13.4. The maximum atomic E-state index is 7.60. The minimum Gasteiger partial charge on any atom is -0.456 e. The fraction of sp³-hybridized carbons (Fsp3) is 0.133. The Balaban J connectivity index is 2.46. The fourth-order valence-corrected chi connectivity index (χ4v) is 2.06. The van der Waals surface area contributed by atoms with Gasteiger partial charge in [0.15, 0.2) is 0 Å². The third kappa shape index (κ3) is 2.88. The normalized spacial score (nSPS) is 10.3. The van der Waals surface area contributed by atoms with Crippen LogP contribution in [0.2, 0.25) is 5.02 Å². The van der Waals surface area contributed by atoms with E-state index in [-0.39, 0.29) is 5.84 Å². The van der Waals surface area contributed by atoms with Crippen LogP contribution < -0.4 is 10.5 Å². The van der Waals surface area contributed by atoms with Gasteiger partial charge >= 0.3 is 0 Å². The molecule has 4 heteroatoms. The summed E-state index contributed by atoms with van der Waals surface area (Å²) >= 11 is 5.92. The van der Waals surface area contributed by atoms with Gasteiger partial charge in [0.05, 0.1) is 5.56 Å². The molecule has 2 aromatic rings. The molecule has 0 heterocycles. The monoisotopic (exact) mass is 274 g/mol.